The van der Waals surface area contributed by atoms with Gasteiger partial charge in [0.25, 0.3) is 0 Å². The standard InChI is InChI=1S/C17H29NS/c1-5-7-8-9-10-15(6-2)17(19)16-11-13(3)18-14(4)12-16/h11,14,19H,5-10,12H2,1-4H3/b17-15+. The molecule has 0 saturated heterocycles. The van der Waals surface area contributed by atoms with E-state index in [1.165, 1.54) is 48.2 Å². The predicted octanol–water partition coefficient (Wildman–Crippen LogP) is 5.73. The largest absolute Gasteiger partial charge is 0.287 e. The molecule has 0 aromatic heterocycles. The fourth-order valence-electron chi connectivity index (χ4n) is 2.68. The van der Waals surface area contributed by atoms with Crippen molar-refractivity contribution in [2.24, 2.45) is 4.99 Å². The van der Waals surface area contributed by atoms with E-state index in [1.54, 1.807) is 0 Å². The summed E-state index contributed by atoms with van der Waals surface area (Å²) in [6.07, 6.45) is 10.9. The molecule has 1 nitrogen and oxygen atoms in total. The second kappa shape index (κ2) is 8.63. The summed E-state index contributed by atoms with van der Waals surface area (Å²) < 4.78 is 0. The molecule has 19 heavy (non-hydrogen) atoms. The predicted molar refractivity (Wildman–Crippen MR) is 90.3 cm³/mol. The summed E-state index contributed by atoms with van der Waals surface area (Å²) in [5.41, 5.74) is 4.05. The molecule has 0 saturated carbocycles. The van der Waals surface area contributed by atoms with Crippen LogP contribution in [0.5, 0.6) is 0 Å². The van der Waals surface area contributed by atoms with Gasteiger partial charge in [-0.3, -0.25) is 4.99 Å². The Hall–Kier alpha value is -0.500. The Bertz CT molecular complexity index is 377. The number of dihydropyridines is 1. The third-order valence-corrected chi connectivity index (χ3v) is 4.32. The highest BCUT2D eigenvalue weighted by molar-refractivity contribution is 7.84. The minimum atomic E-state index is 0.403. The van der Waals surface area contributed by atoms with Crippen LogP contribution in [0, 0.1) is 0 Å². The van der Waals surface area contributed by atoms with Crippen LogP contribution in [0.2, 0.25) is 0 Å². The number of rotatable bonds is 7. The van der Waals surface area contributed by atoms with Gasteiger partial charge in [0.2, 0.25) is 0 Å². The van der Waals surface area contributed by atoms with Gasteiger partial charge in [0.1, 0.15) is 0 Å². The van der Waals surface area contributed by atoms with Crippen LogP contribution in [-0.2, 0) is 0 Å². The molecule has 1 unspecified atom stereocenters. The fourth-order valence-corrected chi connectivity index (χ4v) is 3.11. The van der Waals surface area contributed by atoms with Gasteiger partial charge in [-0.2, -0.15) is 0 Å². The van der Waals surface area contributed by atoms with E-state index in [1.807, 2.05) is 0 Å². The highest BCUT2D eigenvalue weighted by atomic mass is 32.1. The minimum Gasteiger partial charge on any atom is -0.287 e. The van der Waals surface area contributed by atoms with Crippen LogP contribution in [0.15, 0.2) is 27.1 Å². The second-order valence-electron chi connectivity index (χ2n) is 5.61. The summed E-state index contributed by atoms with van der Waals surface area (Å²) in [4.78, 5) is 5.81. The first-order chi connectivity index (χ1) is 9.08. The number of hydrogen-bond acceptors (Lipinski definition) is 2. The van der Waals surface area contributed by atoms with Crippen LogP contribution >= 0.6 is 12.6 Å². The van der Waals surface area contributed by atoms with E-state index in [9.17, 15) is 0 Å². The van der Waals surface area contributed by atoms with Crippen molar-refractivity contribution in [3.63, 3.8) is 0 Å². The van der Waals surface area contributed by atoms with E-state index >= 15 is 0 Å². The normalized spacial score (nSPS) is 20.8. The van der Waals surface area contributed by atoms with Gasteiger partial charge in [-0.1, -0.05) is 38.7 Å². The Balaban J connectivity index is 2.72. The molecule has 0 aromatic carbocycles. The smallest absolute Gasteiger partial charge is 0.0515 e. The van der Waals surface area contributed by atoms with Gasteiger partial charge in [0.15, 0.2) is 0 Å². The molecular formula is C17H29NS. The Morgan fingerprint density at radius 3 is 2.63 bits per heavy atom. The molecule has 0 bridgehead atoms. The summed E-state index contributed by atoms with van der Waals surface area (Å²) in [6, 6.07) is 0.403. The van der Waals surface area contributed by atoms with Gasteiger partial charge in [-0.25, -0.2) is 0 Å². The summed E-state index contributed by atoms with van der Waals surface area (Å²) in [5.74, 6) is 0. The topological polar surface area (TPSA) is 12.4 Å². The lowest BCUT2D eigenvalue weighted by Crippen LogP contribution is -2.10. The number of thiol groups is 1. The Morgan fingerprint density at radius 1 is 1.32 bits per heavy atom. The Morgan fingerprint density at radius 2 is 2.05 bits per heavy atom. The minimum absolute atomic E-state index is 0.403. The molecule has 1 heterocycles. The molecule has 1 atom stereocenters. The van der Waals surface area contributed by atoms with Gasteiger partial charge in [0.05, 0.1) is 6.04 Å². The average Bonchev–Trinajstić information content (AvgIpc) is 2.37. The van der Waals surface area contributed by atoms with E-state index in [0.717, 1.165) is 18.6 Å². The fraction of sp³-hybridized carbons (Fsp3) is 0.706. The lowest BCUT2D eigenvalue weighted by Gasteiger charge is -2.19. The molecule has 0 fully saturated rings. The Labute approximate surface area is 124 Å². The maximum Gasteiger partial charge on any atom is 0.0515 e. The van der Waals surface area contributed by atoms with Gasteiger partial charge in [-0.15, -0.1) is 12.6 Å². The monoisotopic (exact) mass is 279 g/mol. The van der Waals surface area contributed by atoms with Crippen molar-refractivity contribution in [1.29, 1.82) is 0 Å². The van der Waals surface area contributed by atoms with Gasteiger partial charge >= 0.3 is 0 Å². The van der Waals surface area contributed by atoms with Gasteiger partial charge in [-0.05, 0) is 51.2 Å². The molecule has 0 spiro atoms. The molecule has 108 valence electrons. The van der Waals surface area contributed by atoms with Crippen molar-refractivity contribution >= 4 is 18.3 Å². The maximum atomic E-state index is 4.81. The molecule has 0 aromatic rings. The van der Waals surface area contributed by atoms with Gasteiger partial charge < -0.3 is 0 Å². The van der Waals surface area contributed by atoms with Crippen molar-refractivity contribution < 1.29 is 0 Å². The zero-order valence-electron chi connectivity index (χ0n) is 13.0. The molecule has 1 rings (SSSR count). The van der Waals surface area contributed by atoms with Crippen LogP contribution in [0.4, 0.5) is 0 Å². The summed E-state index contributed by atoms with van der Waals surface area (Å²) in [6.45, 7) is 8.78. The van der Waals surface area contributed by atoms with Crippen molar-refractivity contribution in [2.45, 2.75) is 78.7 Å². The van der Waals surface area contributed by atoms with E-state index < -0.39 is 0 Å². The van der Waals surface area contributed by atoms with Crippen LogP contribution < -0.4 is 0 Å². The SMILES string of the molecule is CCCCCC/C(CC)=C(/S)C1=CC(C)=NC(C)C1. The molecule has 0 aliphatic carbocycles. The quantitative estimate of drug-likeness (QED) is 0.451. The summed E-state index contributed by atoms with van der Waals surface area (Å²) in [7, 11) is 0. The molecule has 1 aliphatic rings. The van der Waals surface area contributed by atoms with Crippen LogP contribution in [0.3, 0.4) is 0 Å². The number of allylic oxidation sites excluding steroid dienone is 3. The van der Waals surface area contributed by atoms with Crippen molar-refractivity contribution in [3.05, 3.63) is 22.1 Å². The molecule has 1 aliphatic heterocycles. The average molecular weight is 279 g/mol. The summed E-state index contributed by atoms with van der Waals surface area (Å²) >= 11 is 4.81. The molecular weight excluding hydrogens is 250 g/mol. The third-order valence-electron chi connectivity index (χ3n) is 3.72. The van der Waals surface area contributed by atoms with Crippen molar-refractivity contribution in [3.8, 4) is 0 Å². The summed E-state index contributed by atoms with van der Waals surface area (Å²) in [5, 5.41) is 0. The first-order valence-electron chi connectivity index (χ1n) is 7.74. The van der Waals surface area contributed by atoms with Crippen LogP contribution in [0.25, 0.3) is 0 Å². The van der Waals surface area contributed by atoms with Gasteiger partial charge in [0, 0.05) is 10.6 Å². The van der Waals surface area contributed by atoms with E-state index in [0.29, 0.717) is 6.04 Å². The zero-order chi connectivity index (χ0) is 14.3. The van der Waals surface area contributed by atoms with E-state index in [-0.39, 0.29) is 0 Å². The lowest BCUT2D eigenvalue weighted by molar-refractivity contribution is 0.656. The number of hydrogen-bond donors (Lipinski definition) is 1. The highest BCUT2D eigenvalue weighted by Crippen LogP contribution is 2.30. The molecule has 2 heteroatoms. The third kappa shape index (κ3) is 5.56. The number of nitrogens with zero attached hydrogens (tertiary/aromatic N) is 1. The number of aliphatic imine (C=N–C) groups is 1. The van der Waals surface area contributed by atoms with Crippen LogP contribution in [-0.4, -0.2) is 11.8 Å². The maximum absolute atomic E-state index is 4.81. The first kappa shape index (κ1) is 16.6. The number of unbranched alkanes of at least 4 members (excludes halogenated alkanes) is 3. The van der Waals surface area contributed by atoms with Crippen molar-refractivity contribution in [2.75, 3.05) is 0 Å². The zero-order valence-corrected chi connectivity index (χ0v) is 13.9. The molecule has 0 amide bonds. The molecule has 0 N–H and O–H groups in total. The van der Waals surface area contributed by atoms with E-state index in [2.05, 4.69) is 38.8 Å². The van der Waals surface area contributed by atoms with Crippen LogP contribution in [0.1, 0.15) is 72.6 Å². The second-order valence-corrected chi connectivity index (χ2v) is 6.06. The first-order valence-corrected chi connectivity index (χ1v) is 8.19. The highest BCUT2D eigenvalue weighted by Gasteiger charge is 2.14. The molecule has 0 radical (unpaired) electrons. The Kier molecular flexibility index (Phi) is 7.52. The van der Waals surface area contributed by atoms with Crippen molar-refractivity contribution in [1.82, 2.24) is 0 Å². The van der Waals surface area contributed by atoms with E-state index in [4.69, 9.17) is 12.6 Å². The lowest BCUT2D eigenvalue weighted by atomic mass is 9.96.